The van der Waals surface area contributed by atoms with E-state index in [1.807, 2.05) is 0 Å². The number of hydrogen-bond acceptors (Lipinski definition) is 4. The number of nitrogens with one attached hydrogen (secondary N) is 1. The van der Waals surface area contributed by atoms with Crippen molar-refractivity contribution in [3.05, 3.63) is 29.3 Å². The number of hydrogen-bond donors (Lipinski definition) is 2. The maximum Gasteiger partial charge on any atom is 0.249 e. The highest BCUT2D eigenvalue weighted by Gasteiger charge is 2.44. The average Bonchev–Trinajstić information content (AvgIpc) is 3.10. The largest absolute Gasteiger partial charge is 0.366 e. The summed E-state index contributed by atoms with van der Waals surface area (Å²) in [5.74, 6) is -0.604. The minimum atomic E-state index is -3.58. The van der Waals surface area contributed by atoms with E-state index >= 15 is 0 Å². The van der Waals surface area contributed by atoms with E-state index in [1.54, 1.807) is 19.1 Å². The molecular formula is C15H21N3O3S. The lowest BCUT2D eigenvalue weighted by atomic mass is 9.87. The zero-order chi connectivity index (χ0) is 16.0. The summed E-state index contributed by atoms with van der Waals surface area (Å²) in [7, 11) is -3.58. The fourth-order valence-electron chi connectivity index (χ4n) is 3.42. The first-order valence-corrected chi connectivity index (χ1v) is 8.89. The summed E-state index contributed by atoms with van der Waals surface area (Å²) in [5.41, 5.74) is 6.34. The van der Waals surface area contributed by atoms with Gasteiger partial charge in [-0.25, -0.2) is 8.42 Å². The number of sulfonamides is 1. The number of carbonyl (C=O) groups excluding carboxylic acids is 1. The topological polar surface area (TPSA) is 92.5 Å². The van der Waals surface area contributed by atoms with Crippen LogP contribution in [0.1, 0.15) is 28.8 Å². The predicted molar refractivity (Wildman–Crippen MR) is 83.0 cm³/mol. The van der Waals surface area contributed by atoms with E-state index in [2.05, 4.69) is 5.32 Å². The van der Waals surface area contributed by atoms with E-state index in [9.17, 15) is 13.2 Å². The smallest absolute Gasteiger partial charge is 0.249 e. The molecule has 120 valence electrons. The molecule has 0 saturated carbocycles. The Kier molecular flexibility index (Phi) is 3.74. The lowest BCUT2D eigenvalue weighted by Gasteiger charge is -2.22. The Hall–Kier alpha value is -1.44. The van der Waals surface area contributed by atoms with Gasteiger partial charge in [0.1, 0.15) is 0 Å². The zero-order valence-electron chi connectivity index (χ0n) is 12.6. The number of amides is 1. The molecule has 3 N–H and O–H groups in total. The van der Waals surface area contributed by atoms with Crippen molar-refractivity contribution in [3.8, 4) is 0 Å². The molecule has 2 fully saturated rings. The second kappa shape index (κ2) is 5.33. The number of nitrogens with two attached hydrogens (primary N) is 1. The van der Waals surface area contributed by atoms with Crippen LogP contribution in [-0.2, 0) is 10.0 Å². The van der Waals surface area contributed by atoms with E-state index in [-0.39, 0.29) is 15.9 Å². The van der Waals surface area contributed by atoms with Gasteiger partial charge in [-0.1, -0.05) is 6.07 Å². The third kappa shape index (κ3) is 2.53. The van der Waals surface area contributed by atoms with Crippen molar-refractivity contribution in [2.45, 2.75) is 24.7 Å². The van der Waals surface area contributed by atoms with Crippen LogP contribution < -0.4 is 11.1 Å². The minimum absolute atomic E-state index is 0.0737. The quantitative estimate of drug-likeness (QED) is 0.845. The number of aryl methyl sites for hydroxylation is 1. The summed E-state index contributed by atoms with van der Waals surface area (Å²) < 4.78 is 27.2. The van der Waals surface area contributed by atoms with Crippen LogP contribution in [0.25, 0.3) is 0 Å². The molecule has 2 aliphatic heterocycles. The van der Waals surface area contributed by atoms with Gasteiger partial charge in [0.05, 0.1) is 4.90 Å². The molecule has 2 aliphatic rings. The molecule has 1 atom stereocenters. The number of carbonyl (C=O) groups is 1. The van der Waals surface area contributed by atoms with E-state index in [1.165, 1.54) is 10.4 Å². The average molecular weight is 323 g/mol. The maximum atomic E-state index is 12.8. The van der Waals surface area contributed by atoms with Crippen LogP contribution in [0.5, 0.6) is 0 Å². The highest BCUT2D eigenvalue weighted by Crippen LogP contribution is 2.38. The Morgan fingerprint density at radius 1 is 1.36 bits per heavy atom. The van der Waals surface area contributed by atoms with Gasteiger partial charge in [-0.05, 0) is 49.4 Å². The molecule has 1 aromatic rings. The normalized spacial score (nSPS) is 25.9. The Morgan fingerprint density at radius 3 is 2.77 bits per heavy atom. The van der Waals surface area contributed by atoms with Crippen LogP contribution in [0, 0.1) is 12.3 Å². The molecular weight excluding hydrogens is 302 g/mol. The van der Waals surface area contributed by atoms with Gasteiger partial charge in [-0.15, -0.1) is 0 Å². The lowest BCUT2D eigenvalue weighted by Crippen LogP contribution is -2.33. The Bertz CT molecular complexity index is 709. The molecule has 6 nitrogen and oxygen atoms in total. The maximum absolute atomic E-state index is 12.8. The molecule has 2 heterocycles. The van der Waals surface area contributed by atoms with Crippen molar-refractivity contribution in [2.75, 3.05) is 26.2 Å². The van der Waals surface area contributed by atoms with Gasteiger partial charge in [0.2, 0.25) is 15.9 Å². The van der Waals surface area contributed by atoms with Crippen LogP contribution in [0.3, 0.4) is 0 Å². The van der Waals surface area contributed by atoms with Gasteiger partial charge in [0.25, 0.3) is 0 Å². The Labute approximate surface area is 130 Å². The highest BCUT2D eigenvalue weighted by atomic mass is 32.2. The standard InChI is InChI=1S/C15H21N3O3S/c1-11-2-3-12(8-13(11)14(16)19)22(20,21)18-7-5-15(10-18)4-6-17-9-15/h2-3,8,17H,4-7,9-10H2,1H3,(H2,16,19). The molecule has 0 bridgehead atoms. The van der Waals surface area contributed by atoms with Crippen LogP contribution in [0.4, 0.5) is 0 Å². The van der Waals surface area contributed by atoms with Gasteiger partial charge in [-0.3, -0.25) is 4.79 Å². The van der Waals surface area contributed by atoms with Crippen LogP contribution >= 0.6 is 0 Å². The number of rotatable bonds is 3. The molecule has 3 rings (SSSR count). The summed E-state index contributed by atoms with van der Waals surface area (Å²) in [6.07, 6.45) is 1.90. The van der Waals surface area contributed by atoms with Crippen molar-refractivity contribution in [2.24, 2.45) is 11.1 Å². The molecule has 22 heavy (non-hydrogen) atoms. The first kappa shape index (κ1) is 15.5. The van der Waals surface area contributed by atoms with E-state index in [0.29, 0.717) is 18.7 Å². The van der Waals surface area contributed by atoms with Gasteiger partial charge in [-0.2, -0.15) is 4.31 Å². The summed E-state index contributed by atoms with van der Waals surface area (Å²) in [4.78, 5) is 11.6. The van der Waals surface area contributed by atoms with Crippen molar-refractivity contribution in [3.63, 3.8) is 0 Å². The summed E-state index contributed by atoms with van der Waals surface area (Å²) in [5, 5.41) is 3.32. The molecule has 2 saturated heterocycles. The van der Waals surface area contributed by atoms with Crippen LogP contribution in [0.2, 0.25) is 0 Å². The molecule has 0 radical (unpaired) electrons. The summed E-state index contributed by atoms with van der Waals surface area (Å²) >= 11 is 0. The van der Waals surface area contributed by atoms with Gasteiger partial charge in [0, 0.05) is 25.2 Å². The summed E-state index contributed by atoms with van der Waals surface area (Å²) in [6.45, 7) is 4.64. The van der Waals surface area contributed by atoms with Crippen molar-refractivity contribution >= 4 is 15.9 Å². The molecule has 1 amide bonds. The third-order valence-corrected chi connectivity index (χ3v) is 6.69. The SMILES string of the molecule is Cc1ccc(S(=O)(=O)N2CCC3(CCNC3)C2)cc1C(N)=O. The predicted octanol–water partition coefficient (Wildman–Crippen LogP) is 0.468. The van der Waals surface area contributed by atoms with Crippen LogP contribution in [-0.4, -0.2) is 44.8 Å². The van der Waals surface area contributed by atoms with Crippen LogP contribution in [0.15, 0.2) is 23.1 Å². The number of benzene rings is 1. The molecule has 1 aromatic carbocycles. The van der Waals surface area contributed by atoms with Gasteiger partial charge >= 0.3 is 0 Å². The Balaban J connectivity index is 1.91. The van der Waals surface area contributed by atoms with E-state index in [4.69, 9.17) is 5.73 Å². The van der Waals surface area contributed by atoms with Crippen molar-refractivity contribution < 1.29 is 13.2 Å². The van der Waals surface area contributed by atoms with Gasteiger partial charge < -0.3 is 11.1 Å². The second-order valence-corrected chi connectivity index (χ2v) is 8.29. The Morgan fingerprint density at radius 2 is 2.14 bits per heavy atom. The highest BCUT2D eigenvalue weighted by molar-refractivity contribution is 7.89. The van der Waals surface area contributed by atoms with Gasteiger partial charge in [0.15, 0.2) is 0 Å². The molecule has 0 aliphatic carbocycles. The van der Waals surface area contributed by atoms with Crippen molar-refractivity contribution in [1.82, 2.24) is 9.62 Å². The van der Waals surface area contributed by atoms with E-state index in [0.717, 1.165) is 25.9 Å². The first-order valence-electron chi connectivity index (χ1n) is 7.45. The van der Waals surface area contributed by atoms with Crippen molar-refractivity contribution in [1.29, 1.82) is 0 Å². The third-order valence-electron chi connectivity index (χ3n) is 4.85. The first-order chi connectivity index (χ1) is 10.3. The van der Waals surface area contributed by atoms with E-state index < -0.39 is 15.9 Å². The zero-order valence-corrected chi connectivity index (χ0v) is 13.4. The molecule has 7 heteroatoms. The number of primary amides is 1. The molecule has 0 aromatic heterocycles. The molecule has 1 spiro atoms. The second-order valence-electron chi connectivity index (χ2n) is 6.36. The molecule has 1 unspecified atom stereocenters. The fraction of sp³-hybridized carbons (Fsp3) is 0.533. The minimum Gasteiger partial charge on any atom is -0.366 e. The number of nitrogens with zero attached hydrogens (tertiary/aromatic N) is 1. The lowest BCUT2D eigenvalue weighted by molar-refractivity contribution is 0.0999. The summed E-state index contributed by atoms with van der Waals surface area (Å²) in [6, 6.07) is 4.58. The fourth-order valence-corrected chi connectivity index (χ4v) is 5.00. The monoisotopic (exact) mass is 323 g/mol.